The van der Waals surface area contributed by atoms with Crippen LogP contribution in [0, 0.1) is 23.7 Å². The molecule has 1 rings (SSSR count). The summed E-state index contributed by atoms with van der Waals surface area (Å²) in [6, 6.07) is 0. The van der Waals surface area contributed by atoms with E-state index in [1.165, 1.54) is 44.9 Å². The van der Waals surface area contributed by atoms with Crippen LogP contribution in [0.15, 0.2) is 12.7 Å². The summed E-state index contributed by atoms with van der Waals surface area (Å²) >= 11 is 4.66. The van der Waals surface area contributed by atoms with Crippen LogP contribution < -0.4 is 0 Å². The number of hydrogen-bond acceptors (Lipinski definition) is 1. The maximum Gasteiger partial charge on any atom is 0.00426 e. The second kappa shape index (κ2) is 8.30. The Labute approximate surface area is 120 Å². The van der Waals surface area contributed by atoms with Crippen molar-refractivity contribution in [2.75, 3.05) is 0 Å². The van der Waals surface area contributed by atoms with Crippen molar-refractivity contribution in [2.24, 2.45) is 23.7 Å². The molecule has 1 saturated carbocycles. The molecule has 1 aliphatic rings. The summed E-state index contributed by atoms with van der Waals surface area (Å²) in [5, 5.41) is 0.659. The van der Waals surface area contributed by atoms with Crippen molar-refractivity contribution in [1.29, 1.82) is 0 Å². The molecule has 0 aromatic heterocycles. The molecule has 106 valence electrons. The minimum atomic E-state index is 0.659. The first kappa shape index (κ1) is 16.1. The van der Waals surface area contributed by atoms with Gasteiger partial charge in [-0.25, -0.2) is 0 Å². The molecule has 5 atom stereocenters. The summed E-state index contributed by atoms with van der Waals surface area (Å²) in [5.74, 6) is 3.37. The predicted molar refractivity (Wildman–Crippen MR) is 86.3 cm³/mol. The van der Waals surface area contributed by atoms with Crippen molar-refractivity contribution in [3.8, 4) is 0 Å². The van der Waals surface area contributed by atoms with Crippen LogP contribution in [0.2, 0.25) is 0 Å². The molecule has 0 aromatic rings. The topological polar surface area (TPSA) is 0 Å². The van der Waals surface area contributed by atoms with Crippen molar-refractivity contribution in [3.05, 3.63) is 12.7 Å². The highest BCUT2D eigenvalue weighted by molar-refractivity contribution is 7.81. The average molecular weight is 269 g/mol. The van der Waals surface area contributed by atoms with Gasteiger partial charge in [0.25, 0.3) is 0 Å². The van der Waals surface area contributed by atoms with E-state index in [0.29, 0.717) is 11.2 Å². The zero-order chi connectivity index (χ0) is 13.5. The highest BCUT2D eigenvalue weighted by Crippen LogP contribution is 2.35. The van der Waals surface area contributed by atoms with Crippen molar-refractivity contribution in [3.63, 3.8) is 0 Å². The Bertz CT molecular complexity index is 236. The monoisotopic (exact) mass is 268 g/mol. The maximum atomic E-state index is 4.66. The zero-order valence-corrected chi connectivity index (χ0v) is 13.5. The highest BCUT2D eigenvalue weighted by Gasteiger charge is 2.25. The molecule has 0 nitrogen and oxygen atoms in total. The quantitative estimate of drug-likeness (QED) is 0.442. The number of rotatable bonds is 7. The van der Waals surface area contributed by atoms with E-state index in [1.54, 1.807) is 0 Å². The van der Waals surface area contributed by atoms with Gasteiger partial charge in [-0.2, -0.15) is 12.6 Å². The Morgan fingerprint density at radius 2 is 1.94 bits per heavy atom. The van der Waals surface area contributed by atoms with Gasteiger partial charge in [0.05, 0.1) is 0 Å². The SMILES string of the molecule is C=CC(C)CCC(C)CCC1CCC(S)C(C)C1. The molecule has 0 amide bonds. The Balaban J connectivity index is 2.14. The summed E-state index contributed by atoms with van der Waals surface area (Å²) in [7, 11) is 0. The molecule has 18 heavy (non-hydrogen) atoms. The lowest BCUT2D eigenvalue weighted by Gasteiger charge is -2.32. The van der Waals surface area contributed by atoms with Gasteiger partial charge >= 0.3 is 0 Å². The van der Waals surface area contributed by atoms with E-state index in [1.807, 2.05) is 0 Å². The molecule has 0 N–H and O–H groups in total. The van der Waals surface area contributed by atoms with Crippen molar-refractivity contribution in [2.45, 2.75) is 71.0 Å². The summed E-state index contributed by atoms with van der Waals surface area (Å²) in [6.07, 6.45) is 11.8. The second-order valence-corrected chi connectivity index (χ2v) is 7.36. The number of allylic oxidation sites excluding steroid dienone is 1. The van der Waals surface area contributed by atoms with Crippen LogP contribution in [0.25, 0.3) is 0 Å². The second-order valence-electron chi connectivity index (χ2n) is 6.70. The molecular weight excluding hydrogens is 236 g/mol. The standard InChI is InChI=1S/C17H32S/c1-5-13(2)6-7-14(3)8-9-16-10-11-17(18)15(4)12-16/h5,13-18H,1,6-12H2,2-4H3. The van der Waals surface area contributed by atoms with E-state index in [4.69, 9.17) is 0 Å². The van der Waals surface area contributed by atoms with Crippen LogP contribution >= 0.6 is 12.6 Å². The molecule has 1 fully saturated rings. The molecule has 0 bridgehead atoms. The van der Waals surface area contributed by atoms with Gasteiger partial charge in [-0.3, -0.25) is 0 Å². The van der Waals surface area contributed by atoms with Gasteiger partial charge in [0.2, 0.25) is 0 Å². The molecule has 0 radical (unpaired) electrons. The normalized spacial score (nSPS) is 31.9. The fraction of sp³-hybridized carbons (Fsp3) is 0.882. The fourth-order valence-corrected chi connectivity index (χ4v) is 3.35. The van der Waals surface area contributed by atoms with Gasteiger partial charge < -0.3 is 0 Å². The van der Waals surface area contributed by atoms with E-state index in [2.05, 4.69) is 46.1 Å². The predicted octanol–water partition coefficient (Wildman–Crippen LogP) is 5.74. The van der Waals surface area contributed by atoms with Crippen LogP contribution in [0.4, 0.5) is 0 Å². The first-order valence-corrected chi connectivity index (χ1v) is 8.35. The van der Waals surface area contributed by atoms with Crippen LogP contribution in [-0.2, 0) is 0 Å². The third kappa shape index (κ3) is 5.82. The van der Waals surface area contributed by atoms with Crippen LogP contribution in [0.5, 0.6) is 0 Å². The van der Waals surface area contributed by atoms with Crippen LogP contribution in [0.1, 0.15) is 65.7 Å². The molecule has 1 heteroatoms. The van der Waals surface area contributed by atoms with Crippen LogP contribution in [0.3, 0.4) is 0 Å². The van der Waals surface area contributed by atoms with Crippen molar-refractivity contribution in [1.82, 2.24) is 0 Å². The maximum absolute atomic E-state index is 4.66. The summed E-state index contributed by atoms with van der Waals surface area (Å²) in [5.41, 5.74) is 0. The third-order valence-corrected chi connectivity index (χ3v) is 5.58. The molecule has 0 aliphatic heterocycles. The Kier molecular flexibility index (Phi) is 7.44. The first-order valence-electron chi connectivity index (χ1n) is 7.83. The lowest BCUT2D eigenvalue weighted by atomic mass is 9.78. The Morgan fingerprint density at radius 3 is 2.56 bits per heavy atom. The molecule has 5 unspecified atom stereocenters. The largest absolute Gasteiger partial charge is 0.176 e. The number of thiol groups is 1. The van der Waals surface area contributed by atoms with Gasteiger partial charge in [-0.15, -0.1) is 6.58 Å². The van der Waals surface area contributed by atoms with E-state index in [0.717, 1.165) is 17.8 Å². The minimum Gasteiger partial charge on any atom is -0.176 e. The molecule has 0 saturated heterocycles. The van der Waals surface area contributed by atoms with Crippen molar-refractivity contribution < 1.29 is 0 Å². The summed E-state index contributed by atoms with van der Waals surface area (Å²) in [4.78, 5) is 0. The summed E-state index contributed by atoms with van der Waals surface area (Å²) in [6.45, 7) is 10.9. The van der Waals surface area contributed by atoms with Crippen LogP contribution in [-0.4, -0.2) is 5.25 Å². The van der Waals surface area contributed by atoms with E-state index in [-0.39, 0.29) is 0 Å². The van der Waals surface area contributed by atoms with E-state index < -0.39 is 0 Å². The van der Waals surface area contributed by atoms with Gasteiger partial charge in [-0.1, -0.05) is 46.1 Å². The summed E-state index contributed by atoms with van der Waals surface area (Å²) < 4.78 is 0. The first-order chi connectivity index (χ1) is 8.52. The number of hydrogen-bond donors (Lipinski definition) is 1. The van der Waals surface area contributed by atoms with E-state index >= 15 is 0 Å². The smallest absolute Gasteiger partial charge is 0.00426 e. The van der Waals surface area contributed by atoms with Gasteiger partial charge in [-0.05, 0) is 49.4 Å². The third-order valence-electron chi connectivity index (χ3n) is 4.82. The molecular formula is C17H32S. The van der Waals surface area contributed by atoms with Crippen molar-refractivity contribution >= 4 is 12.6 Å². The molecule has 1 aliphatic carbocycles. The lowest BCUT2D eigenvalue weighted by Crippen LogP contribution is -2.23. The Morgan fingerprint density at radius 1 is 1.22 bits per heavy atom. The highest BCUT2D eigenvalue weighted by atomic mass is 32.1. The minimum absolute atomic E-state index is 0.659. The fourth-order valence-electron chi connectivity index (χ4n) is 3.08. The molecule has 0 aromatic carbocycles. The molecule has 0 spiro atoms. The average Bonchev–Trinajstić information content (AvgIpc) is 2.37. The van der Waals surface area contributed by atoms with Gasteiger partial charge in [0.15, 0.2) is 0 Å². The van der Waals surface area contributed by atoms with Gasteiger partial charge in [0, 0.05) is 5.25 Å². The molecule has 0 heterocycles. The van der Waals surface area contributed by atoms with Gasteiger partial charge in [0.1, 0.15) is 0 Å². The lowest BCUT2D eigenvalue weighted by molar-refractivity contribution is 0.259. The van der Waals surface area contributed by atoms with E-state index in [9.17, 15) is 0 Å². The Hall–Kier alpha value is 0.0900. The zero-order valence-electron chi connectivity index (χ0n) is 12.6.